The highest BCUT2D eigenvalue weighted by Crippen LogP contribution is 2.35. The van der Waals surface area contributed by atoms with E-state index in [1.807, 2.05) is 12.1 Å². The molecule has 2 atom stereocenters. The van der Waals surface area contributed by atoms with Crippen molar-refractivity contribution in [3.8, 4) is 0 Å². The summed E-state index contributed by atoms with van der Waals surface area (Å²) in [4.78, 5) is 0. The van der Waals surface area contributed by atoms with Crippen LogP contribution in [0.25, 0.3) is 0 Å². The summed E-state index contributed by atoms with van der Waals surface area (Å²) in [6.45, 7) is 0.729. The van der Waals surface area contributed by atoms with Gasteiger partial charge in [0.1, 0.15) is 6.10 Å². The van der Waals surface area contributed by atoms with Gasteiger partial charge < -0.3 is 14.9 Å². The number of furan rings is 1. The molecule has 1 aromatic carbocycles. The summed E-state index contributed by atoms with van der Waals surface area (Å²) in [5.74, 6) is 0. The summed E-state index contributed by atoms with van der Waals surface area (Å²) >= 11 is 0. The van der Waals surface area contributed by atoms with Crippen molar-refractivity contribution >= 4 is 0 Å². The fourth-order valence-electron chi connectivity index (χ4n) is 2.36. The van der Waals surface area contributed by atoms with Gasteiger partial charge in [-0.1, -0.05) is 24.3 Å². The van der Waals surface area contributed by atoms with Gasteiger partial charge >= 0.3 is 0 Å². The predicted molar refractivity (Wildman–Crippen MR) is 64.5 cm³/mol. The fraction of sp³-hybridized carbons (Fsp3) is 0.286. The van der Waals surface area contributed by atoms with Crippen molar-refractivity contribution in [2.75, 3.05) is 6.61 Å². The van der Waals surface area contributed by atoms with Gasteiger partial charge in [0.2, 0.25) is 0 Å². The summed E-state index contributed by atoms with van der Waals surface area (Å²) < 4.78 is 10.9. The number of ether oxygens (including phenoxy) is 1. The lowest BCUT2D eigenvalue weighted by atomic mass is 9.91. The lowest BCUT2D eigenvalue weighted by Gasteiger charge is -2.30. The average Bonchev–Trinajstić information content (AvgIpc) is 2.91. The Morgan fingerprint density at radius 1 is 1.24 bits per heavy atom. The molecule has 3 rings (SSSR count). The van der Waals surface area contributed by atoms with Crippen molar-refractivity contribution in [2.24, 2.45) is 5.73 Å². The molecule has 1 aliphatic rings. The molecular formula is C14H15NO2. The summed E-state index contributed by atoms with van der Waals surface area (Å²) in [6, 6.07) is 10.1. The minimum Gasteiger partial charge on any atom is -0.472 e. The Labute approximate surface area is 100 Å². The van der Waals surface area contributed by atoms with Gasteiger partial charge in [-0.3, -0.25) is 0 Å². The van der Waals surface area contributed by atoms with E-state index in [0.29, 0.717) is 0 Å². The van der Waals surface area contributed by atoms with Crippen LogP contribution in [0.5, 0.6) is 0 Å². The lowest BCUT2D eigenvalue weighted by molar-refractivity contribution is 0.0240. The molecule has 3 heteroatoms. The monoisotopic (exact) mass is 229 g/mol. The molecule has 0 fully saturated rings. The first-order valence-corrected chi connectivity index (χ1v) is 5.83. The van der Waals surface area contributed by atoms with Gasteiger partial charge in [-0.2, -0.15) is 0 Å². The molecule has 1 aliphatic heterocycles. The Kier molecular flexibility index (Phi) is 2.71. The molecule has 0 saturated carbocycles. The van der Waals surface area contributed by atoms with Crippen molar-refractivity contribution < 1.29 is 9.15 Å². The zero-order valence-corrected chi connectivity index (χ0v) is 9.50. The number of fused-ring (bicyclic) bond motifs is 1. The molecule has 1 aromatic heterocycles. The van der Waals surface area contributed by atoms with E-state index in [1.54, 1.807) is 12.5 Å². The Bertz CT molecular complexity index is 493. The molecule has 0 spiro atoms. The van der Waals surface area contributed by atoms with E-state index < -0.39 is 0 Å². The van der Waals surface area contributed by atoms with Crippen molar-refractivity contribution in [3.63, 3.8) is 0 Å². The largest absolute Gasteiger partial charge is 0.472 e. The van der Waals surface area contributed by atoms with E-state index in [-0.39, 0.29) is 12.1 Å². The third-order valence-electron chi connectivity index (χ3n) is 3.28. The minimum absolute atomic E-state index is 0.0717. The number of rotatable bonds is 2. The first kappa shape index (κ1) is 10.6. The van der Waals surface area contributed by atoms with Crippen LogP contribution < -0.4 is 5.73 Å². The lowest BCUT2D eigenvalue weighted by Crippen LogP contribution is -2.26. The second-order valence-electron chi connectivity index (χ2n) is 4.32. The molecule has 88 valence electrons. The summed E-state index contributed by atoms with van der Waals surface area (Å²) in [6.07, 6.45) is 4.22. The maximum atomic E-state index is 6.24. The van der Waals surface area contributed by atoms with Gasteiger partial charge in [0.05, 0.1) is 25.2 Å². The topological polar surface area (TPSA) is 48.4 Å². The van der Waals surface area contributed by atoms with Crippen molar-refractivity contribution in [2.45, 2.75) is 18.6 Å². The van der Waals surface area contributed by atoms with Gasteiger partial charge in [0, 0.05) is 5.56 Å². The molecule has 2 aromatic rings. The van der Waals surface area contributed by atoms with Crippen molar-refractivity contribution in [1.29, 1.82) is 0 Å². The maximum absolute atomic E-state index is 6.24. The molecule has 2 unspecified atom stereocenters. The number of hydrogen-bond donors (Lipinski definition) is 1. The van der Waals surface area contributed by atoms with E-state index in [2.05, 4.69) is 18.2 Å². The van der Waals surface area contributed by atoms with Crippen LogP contribution in [0.15, 0.2) is 47.3 Å². The predicted octanol–water partition coefficient (Wildman–Crippen LogP) is 2.59. The van der Waals surface area contributed by atoms with Gasteiger partial charge in [-0.15, -0.1) is 0 Å². The molecule has 0 saturated heterocycles. The molecule has 0 amide bonds. The second kappa shape index (κ2) is 4.35. The van der Waals surface area contributed by atoms with Gasteiger partial charge in [0.25, 0.3) is 0 Å². The van der Waals surface area contributed by atoms with Crippen LogP contribution in [-0.4, -0.2) is 6.61 Å². The number of benzene rings is 1. The van der Waals surface area contributed by atoms with Gasteiger partial charge in [0.15, 0.2) is 0 Å². The molecule has 2 N–H and O–H groups in total. The van der Waals surface area contributed by atoms with Gasteiger partial charge in [-0.25, -0.2) is 0 Å². The van der Waals surface area contributed by atoms with E-state index in [1.165, 1.54) is 11.1 Å². The average molecular weight is 229 g/mol. The highest BCUT2D eigenvalue weighted by molar-refractivity contribution is 5.33. The van der Waals surface area contributed by atoms with E-state index >= 15 is 0 Å². The van der Waals surface area contributed by atoms with Crippen molar-refractivity contribution in [3.05, 3.63) is 59.5 Å². The number of hydrogen-bond acceptors (Lipinski definition) is 3. The van der Waals surface area contributed by atoms with Crippen molar-refractivity contribution in [1.82, 2.24) is 0 Å². The Balaban J connectivity index is 1.95. The third-order valence-corrected chi connectivity index (χ3v) is 3.28. The smallest absolute Gasteiger partial charge is 0.102 e. The molecular weight excluding hydrogens is 214 g/mol. The van der Waals surface area contributed by atoms with E-state index in [0.717, 1.165) is 18.6 Å². The van der Waals surface area contributed by atoms with E-state index in [9.17, 15) is 0 Å². The molecule has 0 radical (unpaired) electrons. The molecule has 3 nitrogen and oxygen atoms in total. The fourth-order valence-corrected chi connectivity index (χ4v) is 2.36. The zero-order chi connectivity index (χ0) is 11.7. The summed E-state index contributed by atoms with van der Waals surface area (Å²) in [5.41, 5.74) is 9.76. The first-order valence-electron chi connectivity index (χ1n) is 5.83. The normalized spacial score (nSPS) is 20.9. The van der Waals surface area contributed by atoms with Crippen LogP contribution in [0.4, 0.5) is 0 Å². The SMILES string of the molecule is NC(c1ccoc1)C1OCCc2ccccc21. The Morgan fingerprint density at radius 3 is 2.94 bits per heavy atom. The Hall–Kier alpha value is -1.58. The molecule has 0 bridgehead atoms. The second-order valence-corrected chi connectivity index (χ2v) is 4.32. The molecule has 17 heavy (non-hydrogen) atoms. The standard InChI is InChI=1S/C14H15NO2/c15-13(11-5-7-16-9-11)14-12-4-2-1-3-10(12)6-8-17-14/h1-5,7,9,13-14H,6,8,15H2. The van der Waals surface area contributed by atoms with E-state index in [4.69, 9.17) is 14.9 Å². The summed E-state index contributed by atoms with van der Waals surface area (Å²) in [5, 5.41) is 0. The van der Waals surface area contributed by atoms with Crippen LogP contribution in [0.1, 0.15) is 28.8 Å². The highest BCUT2D eigenvalue weighted by Gasteiger charge is 2.27. The van der Waals surface area contributed by atoms with Crippen LogP contribution in [0.2, 0.25) is 0 Å². The van der Waals surface area contributed by atoms with Crippen LogP contribution >= 0.6 is 0 Å². The quantitative estimate of drug-likeness (QED) is 0.861. The highest BCUT2D eigenvalue weighted by atomic mass is 16.5. The molecule has 0 aliphatic carbocycles. The first-order chi connectivity index (χ1) is 8.36. The number of nitrogens with two attached hydrogens (primary N) is 1. The molecule has 2 heterocycles. The Morgan fingerprint density at radius 2 is 2.12 bits per heavy atom. The van der Waals surface area contributed by atoms with Crippen LogP contribution in [0, 0.1) is 0 Å². The van der Waals surface area contributed by atoms with Gasteiger partial charge in [-0.05, 0) is 23.6 Å². The van der Waals surface area contributed by atoms with Crippen LogP contribution in [-0.2, 0) is 11.2 Å². The third kappa shape index (κ3) is 1.88. The summed E-state index contributed by atoms with van der Waals surface area (Å²) in [7, 11) is 0. The zero-order valence-electron chi connectivity index (χ0n) is 9.50. The van der Waals surface area contributed by atoms with Crippen LogP contribution in [0.3, 0.4) is 0 Å². The minimum atomic E-state index is -0.171. The maximum Gasteiger partial charge on any atom is 0.102 e.